The average molecular weight is 336 g/mol. The van der Waals surface area contributed by atoms with Crippen molar-refractivity contribution in [3.05, 3.63) is 59.7 Å². The third-order valence-corrected chi connectivity index (χ3v) is 3.33. The first-order valence-electron chi connectivity index (χ1n) is 6.67. The fraction of sp³-hybridized carbons (Fsp3) is 0.125. The van der Waals surface area contributed by atoms with E-state index in [1.54, 1.807) is 19.2 Å². The van der Waals surface area contributed by atoms with Gasteiger partial charge in [0.05, 0.1) is 12.8 Å². The Kier molecular flexibility index (Phi) is 5.59. The zero-order valence-corrected chi connectivity index (χ0v) is 13.0. The summed E-state index contributed by atoms with van der Waals surface area (Å²) in [6.45, 7) is 0.335. The van der Waals surface area contributed by atoms with Crippen molar-refractivity contribution in [3.63, 3.8) is 0 Å². The molecule has 0 aliphatic heterocycles. The summed E-state index contributed by atoms with van der Waals surface area (Å²) in [5, 5.41) is 5.06. The van der Waals surface area contributed by atoms with Crippen LogP contribution in [0.25, 0.3) is 0 Å². The number of carbonyl (C=O) groups is 1. The molecule has 120 valence electrons. The van der Waals surface area contributed by atoms with Gasteiger partial charge in [0, 0.05) is 12.6 Å². The number of hydrogen-bond donors (Lipinski definition) is 2. The van der Waals surface area contributed by atoms with Crippen LogP contribution in [0.5, 0.6) is 5.75 Å². The third kappa shape index (κ3) is 4.72. The van der Waals surface area contributed by atoms with Gasteiger partial charge < -0.3 is 15.4 Å². The lowest BCUT2D eigenvalue weighted by Crippen LogP contribution is -2.33. The van der Waals surface area contributed by atoms with Crippen molar-refractivity contribution in [2.45, 2.75) is 6.54 Å². The molecule has 0 saturated heterocycles. The predicted octanol–water partition coefficient (Wildman–Crippen LogP) is 3.03. The van der Waals surface area contributed by atoms with Crippen LogP contribution in [0.3, 0.4) is 0 Å². The number of hydrogen-bond acceptors (Lipinski definition) is 3. The van der Waals surface area contributed by atoms with Crippen LogP contribution in [-0.2, 0) is 11.3 Å². The van der Waals surface area contributed by atoms with E-state index >= 15 is 0 Å². The number of benzene rings is 2. The maximum atomic E-state index is 13.5. The molecule has 0 aliphatic rings. The van der Waals surface area contributed by atoms with Crippen LogP contribution in [0.2, 0.25) is 0 Å². The van der Waals surface area contributed by atoms with Gasteiger partial charge in [0.15, 0.2) is 4.99 Å². The molecule has 2 rings (SSSR count). The van der Waals surface area contributed by atoms with E-state index in [9.17, 15) is 13.6 Å². The lowest BCUT2D eigenvalue weighted by molar-refractivity contribution is -0.110. The fourth-order valence-electron chi connectivity index (χ4n) is 1.78. The van der Waals surface area contributed by atoms with Crippen molar-refractivity contribution in [1.82, 2.24) is 5.32 Å². The second kappa shape index (κ2) is 7.64. The molecule has 0 fully saturated rings. The highest BCUT2D eigenvalue weighted by atomic mass is 32.1. The van der Waals surface area contributed by atoms with Crippen LogP contribution in [0.1, 0.15) is 5.56 Å². The first-order valence-corrected chi connectivity index (χ1v) is 7.07. The Morgan fingerprint density at radius 3 is 2.48 bits per heavy atom. The van der Waals surface area contributed by atoms with Gasteiger partial charge >= 0.3 is 0 Å². The normalized spacial score (nSPS) is 10.0. The zero-order chi connectivity index (χ0) is 16.8. The van der Waals surface area contributed by atoms with E-state index < -0.39 is 17.5 Å². The predicted molar refractivity (Wildman–Crippen MR) is 87.4 cm³/mol. The van der Waals surface area contributed by atoms with E-state index in [1.165, 1.54) is 0 Å². The Morgan fingerprint density at radius 2 is 1.87 bits per heavy atom. The largest absolute Gasteiger partial charge is 0.497 e. The number of amides is 1. The minimum atomic E-state index is -0.865. The summed E-state index contributed by atoms with van der Waals surface area (Å²) in [6.07, 6.45) is 0. The number of ether oxygens (including phenoxy) is 1. The van der Waals surface area contributed by atoms with Crippen molar-refractivity contribution in [3.8, 4) is 5.75 Å². The Morgan fingerprint density at radius 1 is 1.17 bits per heavy atom. The Balaban J connectivity index is 1.90. The van der Waals surface area contributed by atoms with E-state index in [0.717, 1.165) is 23.4 Å². The highest BCUT2D eigenvalue weighted by Crippen LogP contribution is 2.15. The van der Waals surface area contributed by atoms with Crippen molar-refractivity contribution >= 4 is 28.8 Å². The molecule has 0 atom stereocenters. The molecule has 0 spiro atoms. The van der Waals surface area contributed by atoms with Crippen LogP contribution < -0.4 is 15.4 Å². The first-order chi connectivity index (χ1) is 11.0. The number of nitrogens with one attached hydrogen (secondary N) is 2. The minimum Gasteiger partial charge on any atom is -0.497 e. The van der Waals surface area contributed by atoms with Crippen molar-refractivity contribution in [2.24, 2.45) is 0 Å². The van der Waals surface area contributed by atoms with Gasteiger partial charge in [0.25, 0.3) is 5.91 Å². The van der Waals surface area contributed by atoms with Gasteiger partial charge in [0.1, 0.15) is 17.4 Å². The summed E-state index contributed by atoms with van der Waals surface area (Å²) >= 11 is 4.95. The summed E-state index contributed by atoms with van der Waals surface area (Å²) in [6, 6.07) is 10.1. The second-order valence-electron chi connectivity index (χ2n) is 4.61. The van der Waals surface area contributed by atoms with E-state index in [1.807, 2.05) is 12.1 Å². The zero-order valence-electron chi connectivity index (χ0n) is 12.2. The summed E-state index contributed by atoms with van der Waals surface area (Å²) in [4.78, 5) is 11.8. The van der Waals surface area contributed by atoms with E-state index in [4.69, 9.17) is 17.0 Å². The summed E-state index contributed by atoms with van der Waals surface area (Å²) in [5.41, 5.74) is 0.763. The van der Waals surface area contributed by atoms with Gasteiger partial charge in [-0.1, -0.05) is 24.4 Å². The topological polar surface area (TPSA) is 50.4 Å². The average Bonchev–Trinajstić information content (AvgIpc) is 2.55. The van der Waals surface area contributed by atoms with E-state index in [0.29, 0.717) is 12.6 Å². The first kappa shape index (κ1) is 16.8. The van der Waals surface area contributed by atoms with Gasteiger partial charge in [-0.25, -0.2) is 8.78 Å². The lowest BCUT2D eigenvalue weighted by atomic mass is 10.2. The molecule has 0 aromatic heterocycles. The van der Waals surface area contributed by atoms with Gasteiger partial charge in [-0.3, -0.25) is 4.79 Å². The van der Waals surface area contributed by atoms with Gasteiger partial charge in [-0.15, -0.1) is 0 Å². The van der Waals surface area contributed by atoms with Crippen molar-refractivity contribution in [2.75, 3.05) is 12.4 Å². The quantitative estimate of drug-likeness (QED) is 0.843. The molecular formula is C16H14F2N2O2S. The van der Waals surface area contributed by atoms with Crippen molar-refractivity contribution < 1.29 is 18.3 Å². The molecule has 0 bridgehead atoms. The summed E-state index contributed by atoms with van der Waals surface area (Å²) in [5.74, 6) is -1.53. The number of rotatable bonds is 4. The van der Waals surface area contributed by atoms with E-state index in [2.05, 4.69) is 10.6 Å². The standard InChI is InChI=1S/C16H14F2N2O2S/c1-22-12-5-2-10(3-6-12)9-19-16(23)15(21)20-14-7-4-11(17)8-13(14)18/h2-8H,9H2,1H3,(H,19,23)(H,20,21). The molecule has 0 saturated carbocycles. The molecule has 2 aromatic rings. The molecule has 4 nitrogen and oxygen atoms in total. The molecule has 0 unspecified atom stereocenters. The van der Waals surface area contributed by atoms with E-state index in [-0.39, 0.29) is 10.7 Å². The van der Waals surface area contributed by atoms with Crippen LogP contribution in [0.4, 0.5) is 14.5 Å². The summed E-state index contributed by atoms with van der Waals surface area (Å²) in [7, 11) is 1.57. The SMILES string of the molecule is COc1ccc(CNC(=S)C(=O)Nc2ccc(F)cc2F)cc1. The Hall–Kier alpha value is -2.54. The molecule has 1 amide bonds. The van der Waals surface area contributed by atoms with Crippen LogP contribution in [0, 0.1) is 11.6 Å². The molecule has 23 heavy (non-hydrogen) atoms. The lowest BCUT2D eigenvalue weighted by Gasteiger charge is -2.10. The third-order valence-electron chi connectivity index (χ3n) is 3.00. The number of anilines is 1. The van der Waals surface area contributed by atoms with Crippen molar-refractivity contribution in [1.29, 1.82) is 0 Å². The maximum Gasteiger partial charge on any atom is 0.283 e. The Labute approximate surface area is 137 Å². The molecule has 2 aromatic carbocycles. The number of thiocarbonyl (C=S) groups is 1. The van der Waals surface area contributed by atoms with Gasteiger partial charge in [0.2, 0.25) is 0 Å². The molecular weight excluding hydrogens is 322 g/mol. The summed E-state index contributed by atoms with van der Waals surface area (Å²) < 4.78 is 31.3. The number of methoxy groups -OCH3 is 1. The molecule has 7 heteroatoms. The number of carbonyl (C=O) groups excluding carboxylic acids is 1. The number of halogens is 2. The molecule has 2 N–H and O–H groups in total. The second-order valence-corrected chi connectivity index (χ2v) is 5.02. The van der Waals surface area contributed by atoms with Crippen LogP contribution in [0.15, 0.2) is 42.5 Å². The maximum absolute atomic E-state index is 13.5. The highest BCUT2D eigenvalue weighted by Gasteiger charge is 2.12. The Bertz CT molecular complexity index is 721. The fourth-order valence-corrected chi connectivity index (χ4v) is 1.90. The molecule has 0 aliphatic carbocycles. The van der Waals surface area contributed by atoms with Gasteiger partial charge in [-0.2, -0.15) is 0 Å². The molecule has 0 radical (unpaired) electrons. The smallest absolute Gasteiger partial charge is 0.283 e. The van der Waals surface area contributed by atoms with Gasteiger partial charge in [-0.05, 0) is 29.8 Å². The minimum absolute atomic E-state index is 0.0930. The van der Waals surface area contributed by atoms with Crippen LogP contribution >= 0.6 is 12.2 Å². The van der Waals surface area contributed by atoms with Crippen LogP contribution in [-0.4, -0.2) is 18.0 Å². The molecule has 0 heterocycles. The highest BCUT2D eigenvalue weighted by molar-refractivity contribution is 7.82. The monoisotopic (exact) mass is 336 g/mol.